The molecule has 3 rings (SSSR count). The first-order chi connectivity index (χ1) is 12.6. The Balaban J connectivity index is 1.89. The Morgan fingerprint density at radius 2 is 1.73 bits per heavy atom. The van der Waals surface area contributed by atoms with E-state index in [4.69, 9.17) is 4.74 Å². The molecule has 0 radical (unpaired) electrons. The fraction of sp³-hybridized carbons (Fsp3) is 0.150. The van der Waals surface area contributed by atoms with E-state index in [1.54, 1.807) is 18.3 Å². The summed E-state index contributed by atoms with van der Waals surface area (Å²) in [5, 5.41) is 9.51. The van der Waals surface area contributed by atoms with Crippen molar-refractivity contribution < 1.29 is 14.2 Å². The number of ether oxygens (including phenoxy) is 1. The van der Waals surface area contributed by atoms with Gasteiger partial charge in [0.2, 0.25) is 0 Å². The van der Waals surface area contributed by atoms with Crippen molar-refractivity contribution in [3.63, 3.8) is 0 Å². The van der Waals surface area contributed by atoms with Crippen molar-refractivity contribution in [1.29, 1.82) is 0 Å². The molecule has 2 aromatic carbocycles. The number of rotatable bonds is 6. The van der Waals surface area contributed by atoms with Gasteiger partial charge in [0.05, 0.1) is 6.61 Å². The number of pyridine rings is 1. The van der Waals surface area contributed by atoms with Crippen LogP contribution in [0.3, 0.4) is 0 Å². The zero-order valence-electron chi connectivity index (χ0n) is 13.8. The van der Waals surface area contributed by atoms with E-state index < -0.39 is 0 Å². The first-order valence-corrected chi connectivity index (χ1v) is 8.82. The minimum Gasteiger partial charge on any atom is -0.487 e. The van der Waals surface area contributed by atoms with Crippen molar-refractivity contribution in [2.45, 2.75) is 19.6 Å². The largest absolute Gasteiger partial charge is 0.487 e. The van der Waals surface area contributed by atoms with Gasteiger partial charge in [-0.15, -0.1) is 0 Å². The van der Waals surface area contributed by atoms with E-state index in [1.165, 1.54) is 12.1 Å². The summed E-state index contributed by atoms with van der Waals surface area (Å²) >= 11 is 3.29. The molecule has 0 unspecified atom stereocenters. The average Bonchev–Trinajstić information content (AvgIpc) is 2.66. The number of nitrogens with one attached hydrogen (secondary N) is 1. The highest BCUT2D eigenvalue weighted by Crippen LogP contribution is 2.29. The number of aliphatic hydroxyl groups is 1. The lowest BCUT2D eigenvalue weighted by atomic mass is 10.0. The predicted octanol–water partition coefficient (Wildman–Crippen LogP) is 3.94. The van der Waals surface area contributed by atoms with Crippen LogP contribution in [-0.4, -0.2) is 10.1 Å². The number of aliphatic hydroxyl groups excluding tert-OH is 1. The zero-order chi connectivity index (χ0) is 18.5. The van der Waals surface area contributed by atoms with Crippen molar-refractivity contribution >= 4 is 15.9 Å². The Bertz CT molecular complexity index is 954. The molecule has 4 nitrogen and oxygen atoms in total. The van der Waals surface area contributed by atoms with Crippen LogP contribution in [0.4, 0.5) is 4.39 Å². The van der Waals surface area contributed by atoms with Crippen molar-refractivity contribution in [3.05, 3.63) is 97.6 Å². The first-order valence-electron chi connectivity index (χ1n) is 8.03. The van der Waals surface area contributed by atoms with Gasteiger partial charge in [-0.3, -0.25) is 4.79 Å². The van der Waals surface area contributed by atoms with Gasteiger partial charge in [-0.2, -0.15) is 0 Å². The molecule has 3 aromatic rings. The zero-order valence-corrected chi connectivity index (χ0v) is 15.4. The first kappa shape index (κ1) is 18.4. The molecule has 0 spiro atoms. The topological polar surface area (TPSA) is 62.3 Å². The number of aromatic nitrogens is 1. The van der Waals surface area contributed by atoms with E-state index in [0.717, 1.165) is 22.3 Å². The molecular weight excluding hydrogens is 401 g/mol. The minimum atomic E-state index is -0.313. The normalized spacial score (nSPS) is 10.7. The van der Waals surface area contributed by atoms with E-state index >= 15 is 0 Å². The van der Waals surface area contributed by atoms with Crippen LogP contribution in [0.5, 0.6) is 5.75 Å². The third kappa shape index (κ3) is 4.20. The molecule has 26 heavy (non-hydrogen) atoms. The molecule has 1 heterocycles. The highest BCUT2D eigenvalue weighted by molar-refractivity contribution is 9.10. The molecule has 0 atom stereocenters. The average molecular weight is 418 g/mol. The molecule has 1 aromatic heterocycles. The molecular formula is C20H17BrFNO3. The van der Waals surface area contributed by atoms with Gasteiger partial charge in [-0.25, -0.2) is 4.39 Å². The Kier molecular flexibility index (Phi) is 5.85. The number of H-pyrrole nitrogens is 1. The predicted molar refractivity (Wildman–Crippen MR) is 101 cm³/mol. The van der Waals surface area contributed by atoms with Gasteiger partial charge in [-0.05, 0) is 44.8 Å². The second-order valence-corrected chi connectivity index (χ2v) is 6.60. The van der Waals surface area contributed by atoms with Crippen LogP contribution < -0.4 is 10.3 Å². The molecule has 134 valence electrons. The summed E-state index contributed by atoms with van der Waals surface area (Å²) in [5.41, 5.74) is 3.04. The maximum absolute atomic E-state index is 13.0. The summed E-state index contributed by atoms with van der Waals surface area (Å²) in [5.74, 6) is 0.123. The van der Waals surface area contributed by atoms with Crippen molar-refractivity contribution in [3.8, 4) is 5.75 Å². The Labute approximate surface area is 158 Å². The van der Waals surface area contributed by atoms with Gasteiger partial charge in [0.25, 0.3) is 5.56 Å². The molecule has 0 amide bonds. The SMILES string of the molecule is O=c1[nH]cc(Cc2ccccc2CO)c(OCc2ccc(F)cc2)c1Br. The van der Waals surface area contributed by atoms with Crippen LogP contribution >= 0.6 is 15.9 Å². The van der Waals surface area contributed by atoms with Gasteiger partial charge in [0, 0.05) is 18.2 Å². The van der Waals surface area contributed by atoms with Crippen LogP contribution in [0.25, 0.3) is 0 Å². The molecule has 6 heteroatoms. The maximum Gasteiger partial charge on any atom is 0.266 e. The lowest BCUT2D eigenvalue weighted by Gasteiger charge is -2.14. The molecule has 0 aliphatic heterocycles. The van der Waals surface area contributed by atoms with E-state index in [0.29, 0.717) is 16.6 Å². The lowest BCUT2D eigenvalue weighted by molar-refractivity contribution is 0.280. The smallest absolute Gasteiger partial charge is 0.266 e. The van der Waals surface area contributed by atoms with Crippen LogP contribution in [-0.2, 0) is 19.6 Å². The van der Waals surface area contributed by atoms with Gasteiger partial charge in [-0.1, -0.05) is 36.4 Å². The molecule has 0 aliphatic rings. The van der Waals surface area contributed by atoms with E-state index in [2.05, 4.69) is 20.9 Å². The second kappa shape index (κ2) is 8.29. The Morgan fingerprint density at radius 3 is 2.42 bits per heavy atom. The molecule has 0 aliphatic carbocycles. The highest BCUT2D eigenvalue weighted by atomic mass is 79.9. The summed E-state index contributed by atoms with van der Waals surface area (Å²) in [7, 11) is 0. The van der Waals surface area contributed by atoms with Crippen LogP contribution in [0.2, 0.25) is 0 Å². The minimum absolute atomic E-state index is 0.0630. The third-order valence-electron chi connectivity index (χ3n) is 4.03. The monoisotopic (exact) mass is 417 g/mol. The quantitative estimate of drug-likeness (QED) is 0.638. The van der Waals surface area contributed by atoms with E-state index in [-0.39, 0.29) is 24.6 Å². The standard InChI is InChI=1S/C20H17BrFNO3/c21-18-19(26-12-13-5-7-17(22)8-6-13)16(10-23-20(18)25)9-14-3-1-2-4-15(14)11-24/h1-8,10,24H,9,11-12H2,(H,23,25). The Hall–Kier alpha value is -2.44. The molecule has 0 saturated carbocycles. The van der Waals surface area contributed by atoms with Crippen LogP contribution in [0.15, 0.2) is 64.0 Å². The van der Waals surface area contributed by atoms with Crippen LogP contribution in [0.1, 0.15) is 22.3 Å². The number of aromatic amines is 1. The summed E-state index contributed by atoms with van der Waals surface area (Å²) in [6.45, 7) is 0.142. The lowest BCUT2D eigenvalue weighted by Crippen LogP contribution is -2.12. The van der Waals surface area contributed by atoms with Crippen LogP contribution in [0, 0.1) is 5.82 Å². The number of benzene rings is 2. The van der Waals surface area contributed by atoms with E-state index in [1.807, 2.05) is 24.3 Å². The fourth-order valence-corrected chi connectivity index (χ4v) is 3.12. The van der Waals surface area contributed by atoms with Gasteiger partial charge in [0.1, 0.15) is 22.6 Å². The Morgan fingerprint density at radius 1 is 1.04 bits per heavy atom. The van der Waals surface area contributed by atoms with Gasteiger partial charge >= 0.3 is 0 Å². The van der Waals surface area contributed by atoms with Gasteiger partial charge < -0.3 is 14.8 Å². The number of hydrogen-bond acceptors (Lipinski definition) is 3. The molecule has 0 bridgehead atoms. The summed E-state index contributed by atoms with van der Waals surface area (Å²) < 4.78 is 19.2. The summed E-state index contributed by atoms with van der Waals surface area (Å²) in [4.78, 5) is 14.6. The number of hydrogen-bond donors (Lipinski definition) is 2. The molecule has 2 N–H and O–H groups in total. The van der Waals surface area contributed by atoms with E-state index in [9.17, 15) is 14.3 Å². The summed E-state index contributed by atoms with van der Waals surface area (Å²) in [6.07, 6.45) is 2.10. The molecule has 0 saturated heterocycles. The third-order valence-corrected chi connectivity index (χ3v) is 4.75. The highest BCUT2D eigenvalue weighted by Gasteiger charge is 2.14. The second-order valence-electron chi connectivity index (χ2n) is 5.80. The fourth-order valence-electron chi connectivity index (χ4n) is 2.64. The van der Waals surface area contributed by atoms with Crippen molar-refractivity contribution in [2.24, 2.45) is 0 Å². The van der Waals surface area contributed by atoms with Crippen molar-refractivity contribution in [2.75, 3.05) is 0 Å². The number of halogens is 2. The summed E-state index contributed by atoms with van der Waals surface area (Å²) in [6, 6.07) is 13.5. The van der Waals surface area contributed by atoms with Gasteiger partial charge in [0.15, 0.2) is 0 Å². The van der Waals surface area contributed by atoms with Crippen molar-refractivity contribution in [1.82, 2.24) is 4.98 Å². The maximum atomic E-state index is 13.0. The molecule has 0 fully saturated rings.